The maximum absolute atomic E-state index is 15.0. The molecule has 1 saturated heterocycles. The fourth-order valence-corrected chi connectivity index (χ4v) is 4.79. The first kappa shape index (κ1) is 29.9. The summed E-state index contributed by atoms with van der Waals surface area (Å²) in [5, 5.41) is 2.75. The summed E-state index contributed by atoms with van der Waals surface area (Å²) in [5.41, 5.74) is 9.37. The summed E-state index contributed by atoms with van der Waals surface area (Å²) in [5.74, 6) is -0.761. The molecule has 3 heterocycles. The quantitative estimate of drug-likeness (QED) is 0.323. The number of aliphatic imine (C=N–C) groups is 1. The molecule has 0 unspecified atom stereocenters. The van der Waals surface area contributed by atoms with Crippen LogP contribution in [0.4, 0.5) is 31.0 Å². The molecule has 5 rings (SSSR count). The zero-order chi connectivity index (χ0) is 29.7. The lowest BCUT2D eigenvalue weighted by Gasteiger charge is -2.35. The molecule has 41 heavy (non-hydrogen) atoms. The van der Waals surface area contributed by atoms with Crippen LogP contribution in [-0.2, 0) is 6.54 Å². The molecule has 0 atom stereocenters. The first-order valence-electron chi connectivity index (χ1n) is 14.1. The van der Waals surface area contributed by atoms with Crippen LogP contribution in [0, 0.1) is 18.6 Å². The Morgan fingerprint density at radius 2 is 1.76 bits per heavy atom. The van der Waals surface area contributed by atoms with Crippen molar-refractivity contribution >= 4 is 29.3 Å². The van der Waals surface area contributed by atoms with Crippen molar-refractivity contribution in [1.29, 1.82) is 0 Å². The van der Waals surface area contributed by atoms with E-state index in [4.69, 9.17) is 15.7 Å². The number of nitrogens with one attached hydrogen (secondary N) is 1. The summed E-state index contributed by atoms with van der Waals surface area (Å²) in [6, 6.07) is 8.61. The van der Waals surface area contributed by atoms with Gasteiger partial charge in [0.15, 0.2) is 5.82 Å². The highest BCUT2D eigenvalue weighted by atomic mass is 19.1. The van der Waals surface area contributed by atoms with Crippen molar-refractivity contribution in [2.75, 3.05) is 49.6 Å². The first-order chi connectivity index (χ1) is 19.8. The van der Waals surface area contributed by atoms with E-state index < -0.39 is 23.4 Å². The maximum atomic E-state index is 15.0. The second-order valence-corrected chi connectivity index (χ2v) is 9.83. The van der Waals surface area contributed by atoms with E-state index in [-0.39, 0.29) is 12.4 Å². The number of aromatic nitrogens is 2. The molecule has 2 aliphatic rings. The first-order valence-corrected chi connectivity index (χ1v) is 14.1. The summed E-state index contributed by atoms with van der Waals surface area (Å²) >= 11 is 0. The van der Waals surface area contributed by atoms with E-state index in [2.05, 4.69) is 15.2 Å². The van der Waals surface area contributed by atoms with Crippen LogP contribution in [0.1, 0.15) is 43.9 Å². The number of hydrogen-bond acceptors (Lipinski definition) is 6. The van der Waals surface area contributed by atoms with Crippen molar-refractivity contribution in [2.45, 2.75) is 40.7 Å². The van der Waals surface area contributed by atoms with Gasteiger partial charge in [-0.3, -0.25) is 4.99 Å². The number of amidine groups is 1. The standard InChI is InChI=1S/C28H32F2N8O.C2H6/c1-4-10-32-25(31)18-9-8-17(2)19(15-18)23-20-16-33-28(39)38(24-21(29)6-5-7-22(24)30)26(20)35-27(34-23)37-13-11-36(3)12-14-37;1-2/h5-9,15H,4,10-14,16H2,1-3H3,(H2,31,32)(H,33,39);1-2H3. The molecule has 3 N–H and O–H groups in total. The fraction of sp³-hybridized carbons (Fsp3) is 0.400. The topological polar surface area (TPSA) is 103 Å². The van der Waals surface area contributed by atoms with Gasteiger partial charge in [0.1, 0.15) is 23.2 Å². The zero-order valence-corrected chi connectivity index (χ0v) is 24.3. The number of amides is 2. The molecule has 0 bridgehead atoms. The summed E-state index contributed by atoms with van der Waals surface area (Å²) in [6.45, 7) is 11.7. The highest BCUT2D eigenvalue weighted by Gasteiger charge is 2.35. The number of piperazine rings is 1. The number of nitrogens with zero attached hydrogens (tertiary/aromatic N) is 6. The minimum Gasteiger partial charge on any atom is -0.384 e. The molecule has 2 aliphatic heterocycles. The minimum atomic E-state index is -0.864. The van der Waals surface area contributed by atoms with Crippen LogP contribution in [0.3, 0.4) is 0 Å². The molecule has 1 fully saturated rings. The van der Waals surface area contributed by atoms with Crippen LogP contribution in [-0.4, -0.2) is 66.5 Å². The van der Waals surface area contributed by atoms with E-state index in [9.17, 15) is 13.6 Å². The van der Waals surface area contributed by atoms with Gasteiger partial charge < -0.3 is 20.9 Å². The molecule has 11 heteroatoms. The number of hydrogen-bond donors (Lipinski definition) is 2. The van der Waals surface area contributed by atoms with E-state index in [1.165, 1.54) is 6.07 Å². The lowest BCUT2D eigenvalue weighted by molar-refractivity contribution is 0.246. The Bertz CT molecular complexity index is 1420. The van der Waals surface area contributed by atoms with Gasteiger partial charge in [0.2, 0.25) is 5.95 Å². The SMILES string of the molecule is CC.CCCN=C(N)c1ccc(C)c(-c2nc(N3CCN(C)CC3)nc3c2CNC(=O)N3c2c(F)cccc2F)c1. The Morgan fingerprint density at radius 3 is 2.41 bits per heavy atom. The van der Waals surface area contributed by atoms with Gasteiger partial charge in [-0.05, 0) is 44.2 Å². The number of halogens is 2. The molecule has 0 saturated carbocycles. The Hall–Kier alpha value is -4.12. The molecule has 3 aromatic rings. The lowest BCUT2D eigenvalue weighted by atomic mass is 9.97. The van der Waals surface area contributed by atoms with E-state index >= 15 is 0 Å². The monoisotopic (exact) mass is 564 g/mol. The second kappa shape index (κ2) is 13.0. The van der Waals surface area contributed by atoms with Gasteiger partial charge in [0.05, 0.1) is 12.2 Å². The van der Waals surface area contributed by atoms with Crippen molar-refractivity contribution in [2.24, 2.45) is 10.7 Å². The molecular formula is C30H38F2N8O. The number of fused-ring (bicyclic) bond motifs is 1. The largest absolute Gasteiger partial charge is 0.384 e. The van der Waals surface area contributed by atoms with E-state index in [0.717, 1.165) is 53.2 Å². The van der Waals surface area contributed by atoms with Crippen molar-refractivity contribution in [1.82, 2.24) is 20.2 Å². The van der Waals surface area contributed by atoms with Gasteiger partial charge in [-0.15, -0.1) is 0 Å². The van der Waals surface area contributed by atoms with Crippen LogP contribution in [0.2, 0.25) is 0 Å². The molecule has 0 aliphatic carbocycles. The van der Waals surface area contributed by atoms with Gasteiger partial charge in [-0.1, -0.05) is 39.0 Å². The Labute approximate surface area is 240 Å². The van der Waals surface area contributed by atoms with Crippen LogP contribution >= 0.6 is 0 Å². The molecule has 0 spiro atoms. The zero-order valence-electron chi connectivity index (χ0n) is 24.3. The Balaban J connectivity index is 0.00000189. The summed E-state index contributed by atoms with van der Waals surface area (Å²) in [7, 11) is 2.04. The number of rotatable bonds is 6. The van der Waals surface area contributed by atoms with Crippen LogP contribution < -0.4 is 20.9 Å². The number of nitrogens with two attached hydrogens (primary N) is 1. The van der Waals surface area contributed by atoms with Gasteiger partial charge >= 0.3 is 6.03 Å². The summed E-state index contributed by atoms with van der Waals surface area (Å²) < 4.78 is 30.0. The normalized spacial score (nSPS) is 15.7. The molecular weight excluding hydrogens is 526 g/mol. The number of carbonyl (C=O) groups is 1. The summed E-state index contributed by atoms with van der Waals surface area (Å²) in [4.78, 5) is 32.5. The molecule has 2 amide bonds. The van der Waals surface area contributed by atoms with E-state index in [0.29, 0.717) is 42.7 Å². The number of likely N-dealkylation sites (N-methyl/N-ethyl adjacent to an activating group) is 1. The predicted molar refractivity (Wildman–Crippen MR) is 160 cm³/mol. The van der Waals surface area contributed by atoms with Crippen molar-refractivity contribution in [3.05, 3.63) is 64.7 Å². The molecule has 9 nitrogen and oxygen atoms in total. The molecule has 1 aromatic heterocycles. The third-order valence-corrected chi connectivity index (χ3v) is 7.05. The average Bonchev–Trinajstić information content (AvgIpc) is 2.98. The number of anilines is 3. The maximum Gasteiger partial charge on any atom is 0.328 e. The number of aryl methyl sites for hydroxylation is 1. The fourth-order valence-electron chi connectivity index (χ4n) is 4.79. The second-order valence-electron chi connectivity index (χ2n) is 9.83. The minimum absolute atomic E-state index is 0.0994. The third-order valence-electron chi connectivity index (χ3n) is 7.05. The predicted octanol–water partition coefficient (Wildman–Crippen LogP) is 4.98. The van der Waals surface area contributed by atoms with Gasteiger partial charge in [-0.25, -0.2) is 23.5 Å². The van der Waals surface area contributed by atoms with Gasteiger partial charge in [0.25, 0.3) is 0 Å². The number of urea groups is 1. The molecule has 0 radical (unpaired) electrons. The van der Waals surface area contributed by atoms with E-state index in [1.54, 1.807) is 0 Å². The lowest BCUT2D eigenvalue weighted by Crippen LogP contribution is -2.46. The average molecular weight is 565 g/mol. The van der Waals surface area contributed by atoms with Crippen LogP contribution in [0.25, 0.3) is 11.3 Å². The highest BCUT2D eigenvalue weighted by molar-refractivity contribution is 6.03. The third kappa shape index (κ3) is 6.14. The van der Waals surface area contributed by atoms with Crippen LogP contribution in [0.5, 0.6) is 0 Å². The van der Waals surface area contributed by atoms with Crippen molar-refractivity contribution in [3.8, 4) is 11.3 Å². The van der Waals surface area contributed by atoms with Gasteiger partial charge in [0, 0.05) is 49.4 Å². The smallest absolute Gasteiger partial charge is 0.328 e. The van der Waals surface area contributed by atoms with Gasteiger partial charge in [-0.2, -0.15) is 4.98 Å². The summed E-state index contributed by atoms with van der Waals surface area (Å²) in [6.07, 6.45) is 0.870. The number of para-hydroxylation sites is 1. The Morgan fingerprint density at radius 1 is 1.07 bits per heavy atom. The van der Waals surface area contributed by atoms with Crippen molar-refractivity contribution < 1.29 is 13.6 Å². The van der Waals surface area contributed by atoms with Crippen molar-refractivity contribution in [3.63, 3.8) is 0 Å². The van der Waals surface area contributed by atoms with E-state index in [1.807, 2.05) is 57.8 Å². The number of benzene rings is 2. The molecule has 218 valence electrons. The highest BCUT2D eigenvalue weighted by Crippen LogP contribution is 2.39. The van der Waals surface area contributed by atoms with Crippen LogP contribution in [0.15, 0.2) is 41.4 Å². The molecule has 2 aromatic carbocycles. The number of carbonyl (C=O) groups excluding carboxylic acids is 1. The Kier molecular flexibility index (Phi) is 9.49.